The maximum Gasteiger partial charge on any atom is 0.335 e. The number of rotatable bonds is 6. The molecule has 1 aromatic heterocycles. The van der Waals surface area contributed by atoms with Gasteiger partial charge in [0, 0.05) is 22.5 Å². The molecule has 1 heterocycles. The molecule has 0 bridgehead atoms. The molecule has 7 heteroatoms. The van der Waals surface area contributed by atoms with Crippen LogP contribution in [0.4, 0.5) is 0 Å². The van der Waals surface area contributed by atoms with Crippen molar-refractivity contribution < 1.29 is 18.3 Å². The molecule has 4 rings (SSSR count). The highest BCUT2D eigenvalue weighted by molar-refractivity contribution is 7.90. The molecule has 0 saturated heterocycles. The molecule has 0 amide bonds. The Morgan fingerprint density at radius 3 is 2.38 bits per heavy atom. The summed E-state index contributed by atoms with van der Waals surface area (Å²) < 4.78 is 28.7. The SMILES string of the molecule is CC(C)c1ccc(S(=O)(=O)n2c(Cc3cccc(C(=O)O)c3)cc3cc(Cl)ccc32)cc1. The van der Waals surface area contributed by atoms with Crippen LogP contribution in [0.1, 0.15) is 46.9 Å². The van der Waals surface area contributed by atoms with E-state index in [1.807, 2.05) is 12.1 Å². The summed E-state index contributed by atoms with van der Waals surface area (Å²) in [6, 6.07) is 20.3. The molecule has 1 N–H and O–H groups in total. The summed E-state index contributed by atoms with van der Waals surface area (Å²) in [5, 5.41) is 10.5. The average molecular weight is 468 g/mol. The van der Waals surface area contributed by atoms with Gasteiger partial charge in [0.2, 0.25) is 0 Å². The Labute approximate surface area is 191 Å². The summed E-state index contributed by atoms with van der Waals surface area (Å²) in [5.74, 6) is -0.740. The van der Waals surface area contributed by atoms with Gasteiger partial charge in [-0.1, -0.05) is 49.7 Å². The highest BCUT2D eigenvalue weighted by Gasteiger charge is 2.23. The van der Waals surface area contributed by atoms with E-state index in [1.54, 1.807) is 54.6 Å². The van der Waals surface area contributed by atoms with Crippen LogP contribution in [-0.4, -0.2) is 23.5 Å². The summed E-state index contributed by atoms with van der Waals surface area (Å²) >= 11 is 6.15. The zero-order chi connectivity index (χ0) is 23.0. The second kappa shape index (κ2) is 8.45. The number of fused-ring (bicyclic) bond motifs is 1. The van der Waals surface area contributed by atoms with Gasteiger partial charge in [-0.05, 0) is 65.6 Å². The summed E-state index contributed by atoms with van der Waals surface area (Å²) in [7, 11) is -3.90. The molecule has 0 aliphatic heterocycles. The highest BCUT2D eigenvalue weighted by atomic mass is 35.5. The molecule has 3 aromatic carbocycles. The van der Waals surface area contributed by atoms with E-state index in [-0.39, 0.29) is 16.9 Å². The van der Waals surface area contributed by atoms with Gasteiger partial charge >= 0.3 is 5.97 Å². The van der Waals surface area contributed by atoms with Crippen molar-refractivity contribution in [3.63, 3.8) is 0 Å². The maximum absolute atomic E-state index is 13.7. The van der Waals surface area contributed by atoms with Gasteiger partial charge in [0.15, 0.2) is 0 Å². The summed E-state index contributed by atoms with van der Waals surface area (Å²) in [6.45, 7) is 4.10. The summed E-state index contributed by atoms with van der Waals surface area (Å²) in [4.78, 5) is 11.5. The van der Waals surface area contributed by atoms with E-state index in [9.17, 15) is 18.3 Å². The van der Waals surface area contributed by atoms with Crippen LogP contribution < -0.4 is 0 Å². The van der Waals surface area contributed by atoms with Gasteiger partial charge in [0.25, 0.3) is 10.0 Å². The lowest BCUT2D eigenvalue weighted by molar-refractivity contribution is 0.0696. The molecule has 0 spiro atoms. The second-order valence-corrected chi connectivity index (χ2v) is 10.2. The molecule has 0 atom stereocenters. The lowest BCUT2D eigenvalue weighted by Gasteiger charge is -2.14. The number of benzene rings is 3. The van der Waals surface area contributed by atoms with Crippen molar-refractivity contribution in [1.82, 2.24) is 3.97 Å². The summed E-state index contributed by atoms with van der Waals surface area (Å²) in [6.07, 6.45) is 0.247. The number of carbonyl (C=O) groups is 1. The predicted octanol–water partition coefficient (Wildman–Crippen LogP) is 5.94. The fourth-order valence-electron chi connectivity index (χ4n) is 3.78. The van der Waals surface area contributed by atoms with E-state index in [0.717, 1.165) is 5.56 Å². The molecule has 0 saturated carbocycles. The van der Waals surface area contributed by atoms with E-state index in [2.05, 4.69) is 13.8 Å². The minimum atomic E-state index is -3.90. The van der Waals surface area contributed by atoms with Crippen molar-refractivity contribution >= 4 is 38.5 Å². The van der Waals surface area contributed by atoms with Gasteiger partial charge in [-0.25, -0.2) is 17.2 Å². The highest BCUT2D eigenvalue weighted by Crippen LogP contribution is 2.30. The lowest BCUT2D eigenvalue weighted by atomic mass is 10.0. The van der Waals surface area contributed by atoms with Crippen LogP contribution in [0.25, 0.3) is 10.9 Å². The van der Waals surface area contributed by atoms with Crippen molar-refractivity contribution in [1.29, 1.82) is 0 Å². The molecule has 0 fully saturated rings. The number of aromatic nitrogens is 1. The Kier molecular flexibility index (Phi) is 5.84. The topological polar surface area (TPSA) is 76.4 Å². The van der Waals surface area contributed by atoms with Gasteiger partial charge in [0.05, 0.1) is 16.0 Å². The monoisotopic (exact) mass is 467 g/mol. The minimum Gasteiger partial charge on any atom is -0.478 e. The van der Waals surface area contributed by atoms with Crippen molar-refractivity contribution in [3.05, 3.63) is 100 Å². The summed E-state index contributed by atoms with van der Waals surface area (Å²) in [5.41, 5.74) is 2.95. The average Bonchev–Trinajstić information content (AvgIpc) is 3.11. The van der Waals surface area contributed by atoms with Crippen LogP contribution in [-0.2, 0) is 16.4 Å². The fraction of sp³-hybridized carbons (Fsp3) is 0.160. The van der Waals surface area contributed by atoms with E-state index in [4.69, 9.17) is 11.6 Å². The third kappa shape index (κ3) is 4.16. The van der Waals surface area contributed by atoms with Crippen LogP contribution in [0.15, 0.2) is 77.7 Å². The number of nitrogens with zero attached hydrogens (tertiary/aromatic N) is 1. The van der Waals surface area contributed by atoms with Crippen molar-refractivity contribution in [2.45, 2.75) is 31.1 Å². The van der Waals surface area contributed by atoms with Gasteiger partial charge in [-0.15, -0.1) is 0 Å². The Balaban J connectivity index is 1.87. The minimum absolute atomic E-state index is 0.153. The molecule has 0 aliphatic rings. The van der Waals surface area contributed by atoms with Crippen molar-refractivity contribution in [2.75, 3.05) is 0 Å². The number of halogens is 1. The Bertz CT molecular complexity index is 1420. The zero-order valence-corrected chi connectivity index (χ0v) is 19.2. The van der Waals surface area contributed by atoms with Gasteiger partial charge in [0.1, 0.15) is 0 Å². The first-order valence-corrected chi connectivity index (χ1v) is 12.0. The largest absolute Gasteiger partial charge is 0.478 e. The number of hydrogen-bond donors (Lipinski definition) is 1. The quantitative estimate of drug-likeness (QED) is 0.380. The number of aromatic carboxylic acids is 1. The van der Waals surface area contributed by atoms with Crippen molar-refractivity contribution in [2.24, 2.45) is 0 Å². The third-order valence-corrected chi connectivity index (χ3v) is 7.45. The van der Waals surface area contributed by atoms with E-state index in [0.29, 0.717) is 33.1 Å². The second-order valence-electron chi connectivity index (χ2n) is 8.01. The first-order chi connectivity index (χ1) is 15.2. The molecular formula is C25H22ClNO4S. The van der Waals surface area contributed by atoms with E-state index >= 15 is 0 Å². The third-order valence-electron chi connectivity index (χ3n) is 5.44. The maximum atomic E-state index is 13.7. The molecule has 5 nitrogen and oxygen atoms in total. The van der Waals surface area contributed by atoms with E-state index < -0.39 is 16.0 Å². The fourth-order valence-corrected chi connectivity index (χ4v) is 5.50. The lowest BCUT2D eigenvalue weighted by Crippen LogP contribution is -2.16. The van der Waals surface area contributed by atoms with Crippen LogP contribution in [0, 0.1) is 0 Å². The first kappa shape index (κ1) is 22.1. The van der Waals surface area contributed by atoms with Gasteiger partial charge < -0.3 is 5.11 Å². The number of carboxylic acid groups (broad SMARTS) is 1. The van der Waals surface area contributed by atoms with E-state index in [1.165, 1.54) is 10.0 Å². The van der Waals surface area contributed by atoms with Crippen molar-refractivity contribution in [3.8, 4) is 0 Å². The molecular weight excluding hydrogens is 446 g/mol. The molecule has 0 unspecified atom stereocenters. The van der Waals surface area contributed by atoms with Crippen LogP contribution in [0.2, 0.25) is 5.02 Å². The Morgan fingerprint density at radius 1 is 1.00 bits per heavy atom. The van der Waals surface area contributed by atoms with Crippen LogP contribution in [0.3, 0.4) is 0 Å². The Hall–Kier alpha value is -3.09. The number of carboxylic acids is 1. The number of hydrogen-bond acceptors (Lipinski definition) is 3. The van der Waals surface area contributed by atoms with Crippen LogP contribution >= 0.6 is 11.6 Å². The smallest absolute Gasteiger partial charge is 0.335 e. The standard InChI is InChI=1S/C25H22ClNO4S/c1-16(2)18-6-9-23(10-7-18)32(30,31)27-22(15-20-14-21(26)8-11-24(20)27)13-17-4-3-5-19(12-17)25(28)29/h3-12,14-16H,13H2,1-2H3,(H,28,29). The van der Waals surface area contributed by atoms with Gasteiger partial charge in [-0.2, -0.15) is 0 Å². The molecule has 0 radical (unpaired) electrons. The normalized spacial score (nSPS) is 11.9. The molecule has 4 aromatic rings. The zero-order valence-electron chi connectivity index (χ0n) is 17.6. The predicted molar refractivity (Wildman–Crippen MR) is 126 cm³/mol. The molecule has 32 heavy (non-hydrogen) atoms. The molecule has 164 valence electrons. The molecule has 0 aliphatic carbocycles. The van der Waals surface area contributed by atoms with Crippen LogP contribution in [0.5, 0.6) is 0 Å². The van der Waals surface area contributed by atoms with Gasteiger partial charge in [-0.3, -0.25) is 0 Å². The Morgan fingerprint density at radius 2 is 1.72 bits per heavy atom. The first-order valence-electron chi connectivity index (χ1n) is 10.1.